The monoisotopic (exact) mass is 203 g/mol. The van der Waals surface area contributed by atoms with E-state index in [9.17, 15) is 9.59 Å². The molecule has 1 amide bonds. The highest BCUT2D eigenvalue weighted by Crippen LogP contribution is 2.28. The number of hydrogen-bond donors (Lipinski definition) is 1. The Balaban J connectivity index is 2.33. The summed E-state index contributed by atoms with van der Waals surface area (Å²) in [6.07, 6.45) is -0.0320. The van der Waals surface area contributed by atoms with Gasteiger partial charge >= 0.3 is 0 Å². The minimum absolute atomic E-state index is 0.443. The molecule has 76 valence electrons. The van der Waals surface area contributed by atoms with Crippen LogP contribution in [0.1, 0.15) is 0 Å². The molecule has 4 heteroatoms. The second-order valence-electron chi connectivity index (χ2n) is 3.09. The molecule has 0 saturated carbocycles. The van der Waals surface area contributed by atoms with E-state index in [0.717, 1.165) is 6.08 Å². The lowest BCUT2D eigenvalue weighted by Gasteiger charge is -2.23. The van der Waals surface area contributed by atoms with Crippen molar-refractivity contribution in [1.29, 1.82) is 0 Å². The number of hydrogen-bond acceptors (Lipinski definition) is 3. The van der Waals surface area contributed by atoms with Gasteiger partial charge in [-0.05, 0) is 18.2 Å². The second-order valence-corrected chi connectivity index (χ2v) is 3.09. The highest BCUT2D eigenvalue weighted by molar-refractivity contribution is 6.15. The lowest BCUT2D eigenvalue weighted by Crippen LogP contribution is -2.42. The third-order valence-corrected chi connectivity index (χ3v) is 2.09. The highest BCUT2D eigenvalue weighted by atomic mass is 16.5. The Kier molecular flexibility index (Phi) is 2.25. The molecule has 0 saturated heterocycles. The van der Waals surface area contributed by atoms with E-state index >= 15 is 0 Å². The van der Waals surface area contributed by atoms with Gasteiger partial charge in [0, 0.05) is 0 Å². The summed E-state index contributed by atoms with van der Waals surface area (Å²) in [4.78, 5) is 22.7. The summed E-state index contributed by atoms with van der Waals surface area (Å²) in [5, 5.41) is 2.59. The van der Waals surface area contributed by atoms with Crippen LogP contribution < -0.4 is 10.1 Å². The predicted molar refractivity (Wildman–Crippen MR) is 54.7 cm³/mol. The number of nitrogens with one attached hydrogen (secondary N) is 1. The largest absolute Gasteiger partial charge is 0.470 e. The number of benzene rings is 1. The van der Waals surface area contributed by atoms with Crippen molar-refractivity contribution in [3.05, 3.63) is 36.9 Å². The summed E-state index contributed by atoms with van der Waals surface area (Å²) >= 11 is 0. The highest BCUT2D eigenvalue weighted by Gasteiger charge is 2.31. The van der Waals surface area contributed by atoms with Crippen molar-refractivity contribution in [3.8, 4) is 5.75 Å². The van der Waals surface area contributed by atoms with Crippen molar-refractivity contribution in [2.75, 3.05) is 5.32 Å². The molecule has 0 radical (unpaired) electrons. The van der Waals surface area contributed by atoms with E-state index in [0.29, 0.717) is 11.4 Å². The molecule has 1 N–H and O–H groups in total. The summed E-state index contributed by atoms with van der Waals surface area (Å²) in [5.74, 6) is -0.405. The average molecular weight is 203 g/mol. The molecule has 1 unspecified atom stereocenters. The quantitative estimate of drug-likeness (QED) is 0.579. The zero-order valence-electron chi connectivity index (χ0n) is 7.90. The average Bonchev–Trinajstić information content (AvgIpc) is 2.27. The van der Waals surface area contributed by atoms with Crippen molar-refractivity contribution in [2.45, 2.75) is 6.10 Å². The van der Waals surface area contributed by atoms with Crippen LogP contribution in [0.5, 0.6) is 5.75 Å². The molecule has 1 aromatic rings. The normalized spacial score (nSPS) is 18.4. The second kappa shape index (κ2) is 3.57. The molecule has 0 aromatic heterocycles. The first-order valence-electron chi connectivity index (χ1n) is 4.45. The van der Waals surface area contributed by atoms with Gasteiger partial charge in [-0.15, -0.1) is 0 Å². The molecule has 1 aliphatic rings. The SMILES string of the molecule is C=CC(=O)C1Oc2ccccc2NC1=O. The Morgan fingerprint density at radius 2 is 2.20 bits per heavy atom. The van der Waals surface area contributed by atoms with Gasteiger partial charge in [-0.3, -0.25) is 9.59 Å². The zero-order chi connectivity index (χ0) is 10.8. The fraction of sp³-hybridized carbons (Fsp3) is 0.0909. The molecule has 0 aliphatic carbocycles. The maximum Gasteiger partial charge on any atom is 0.273 e. The third-order valence-electron chi connectivity index (χ3n) is 2.09. The Morgan fingerprint density at radius 3 is 2.93 bits per heavy atom. The summed E-state index contributed by atoms with van der Waals surface area (Å²) in [7, 11) is 0. The number of rotatable bonds is 2. The molecule has 1 heterocycles. The molecule has 1 aromatic carbocycles. The minimum Gasteiger partial charge on any atom is -0.470 e. The Labute approximate surface area is 86.5 Å². The first kappa shape index (κ1) is 9.45. The zero-order valence-corrected chi connectivity index (χ0v) is 7.90. The molecular weight excluding hydrogens is 194 g/mol. The minimum atomic E-state index is -1.11. The van der Waals surface area contributed by atoms with Crippen LogP contribution in [-0.4, -0.2) is 17.8 Å². The molecule has 1 aliphatic heterocycles. The maximum atomic E-state index is 11.5. The number of carbonyl (C=O) groups is 2. The molecule has 0 bridgehead atoms. The summed E-state index contributed by atoms with van der Waals surface area (Å²) in [6.45, 7) is 3.32. The van der Waals surface area contributed by atoms with Gasteiger partial charge in [0.1, 0.15) is 5.75 Å². The van der Waals surface area contributed by atoms with E-state index in [1.165, 1.54) is 0 Å². The van der Waals surface area contributed by atoms with Gasteiger partial charge in [0.25, 0.3) is 5.91 Å². The third kappa shape index (κ3) is 1.61. The number of ether oxygens (including phenoxy) is 1. The van der Waals surface area contributed by atoms with Crippen LogP contribution in [-0.2, 0) is 9.59 Å². The molecule has 0 spiro atoms. The lowest BCUT2D eigenvalue weighted by molar-refractivity contribution is -0.132. The number of fused-ring (bicyclic) bond motifs is 1. The van der Waals surface area contributed by atoms with Crippen molar-refractivity contribution in [2.24, 2.45) is 0 Å². The van der Waals surface area contributed by atoms with Crippen molar-refractivity contribution >= 4 is 17.4 Å². The van der Waals surface area contributed by atoms with Crippen LogP contribution in [0.15, 0.2) is 36.9 Å². The predicted octanol–water partition coefficient (Wildman–Crippen LogP) is 1.14. The Bertz CT molecular complexity index is 439. The van der Waals surface area contributed by atoms with Crippen molar-refractivity contribution in [3.63, 3.8) is 0 Å². The van der Waals surface area contributed by atoms with Gasteiger partial charge in [-0.2, -0.15) is 0 Å². The summed E-state index contributed by atoms with van der Waals surface area (Å²) in [5.41, 5.74) is 0.579. The van der Waals surface area contributed by atoms with Crippen LogP contribution in [0.4, 0.5) is 5.69 Å². The van der Waals surface area contributed by atoms with Gasteiger partial charge in [0.2, 0.25) is 11.9 Å². The number of amides is 1. The number of para-hydroxylation sites is 2. The van der Waals surface area contributed by atoms with E-state index in [2.05, 4.69) is 11.9 Å². The van der Waals surface area contributed by atoms with Gasteiger partial charge in [0.05, 0.1) is 5.69 Å². The van der Waals surface area contributed by atoms with E-state index in [1.54, 1.807) is 24.3 Å². The van der Waals surface area contributed by atoms with Crippen LogP contribution in [0.25, 0.3) is 0 Å². The van der Waals surface area contributed by atoms with Crippen LogP contribution in [0.2, 0.25) is 0 Å². The van der Waals surface area contributed by atoms with Gasteiger partial charge in [-0.1, -0.05) is 18.7 Å². The van der Waals surface area contributed by atoms with Crippen LogP contribution in [0, 0.1) is 0 Å². The van der Waals surface area contributed by atoms with E-state index < -0.39 is 17.8 Å². The fourth-order valence-electron chi connectivity index (χ4n) is 1.35. The number of carbonyl (C=O) groups excluding carboxylic acids is 2. The summed E-state index contributed by atoms with van der Waals surface area (Å²) < 4.78 is 5.26. The maximum absolute atomic E-state index is 11.5. The molecule has 1 atom stereocenters. The van der Waals surface area contributed by atoms with E-state index in [-0.39, 0.29) is 0 Å². The van der Waals surface area contributed by atoms with E-state index in [4.69, 9.17) is 4.74 Å². The molecule has 15 heavy (non-hydrogen) atoms. The smallest absolute Gasteiger partial charge is 0.273 e. The molecule has 2 rings (SSSR count). The van der Waals surface area contributed by atoms with Gasteiger partial charge in [-0.25, -0.2) is 0 Å². The fourth-order valence-corrected chi connectivity index (χ4v) is 1.35. The topological polar surface area (TPSA) is 55.4 Å². The Morgan fingerprint density at radius 1 is 1.47 bits per heavy atom. The number of anilines is 1. The van der Waals surface area contributed by atoms with E-state index in [1.807, 2.05) is 0 Å². The Hall–Kier alpha value is -2.10. The van der Waals surface area contributed by atoms with Crippen molar-refractivity contribution in [1.82, 2.24) is 0 Å². The van der Waals surface area contributed by atoms with Crippen LogP contribution in [0.3, 0.4) is 0 Å². The van der Waals surface area contributed by atoms with Gasteiger partial charge < -0.3 is 10.1 Å². The summed E-state index contributed by atoms with van der Waals surface area (Å²) in [6, 6.07) is 6.95. The number of ketones is 1. The van der Waals surface area contributed by atoms with Crippen molar-refractivity contribution < 1.29 is 14.3 Å². The lowest BCUT2D eigenvalue weighted by atomic mass is 10.1. The first-order chi connectivity index (χ1) is 7.22. The molecular formula is C11H9NO3. The molecule has 0 fully saturated rings. The standard InChI is InChI=1S/C11H9NO3/c1-2-8(13)10-11(14)12-7-5-3-4-6-9(7)15-10/h2-6,10H,1H2,(H,12,14). The first-order valence-corrected chi connectivity index (χ1v) is 4.45. The van der Waals surface area contributed by atoms with Crippen LogP contribution >= 0.6 is 0 Å². The van der Waals surface area contributed by atoms with Gasteiger partial charge in [0.15, 0.2) is 0 Å². The molecule has 4 nitrogen and oxygen atoms in total.